The SMILES string of the molecule is CCCCCCCCCCS(=O)(=O)c1ccc(O)c(C(=O)Nc2cccc(C(F)(F)F)c2)c1. The van der Waals surface area contributed by atoms with Crippen LogP contribution in [0.3, 0.4) is 0 Å². The van der Waals surface area contributed by atoms with Crippen molar-refractivity contribution in [2.45, 2.75) is 69.4 Å². The van der Waals surface area contributed by atoms with Gasteiger partial charge in [-0.2, -0.15) is 13.2 Å². The van der Waals surface area contributed by atoms with Crippen molar-refractivity contribution in [3.05, 3.63) is 53.6 Å². The molecule has 2 N–H and O–H groups in total. The highest BCUT2D eigenvalue weighted by molar-refractivity contribution is 7.91. The maximum atomic E-state index is 12.9. The summed E-state index contributed by atoms with van der Waals surface area (Å²) >= 11 is 0. The van der Waals surface area contributed by atoms with E-state index < -0.39 is 33.2 Å². The maximum Gasteiger partial charge on any atom is 0.416 e. The molecule has 33 heavy (non-hydrogen) atoms. The molecule has 0 aliphatic carbocycles. The van der Waals surface area contributed by atoms with Crippen molar-refractivity contribution in [1.29, 1.82) is 0 Å². The van der Waals surface area contributed by atoms with E-state index in [1.54, 1.807) is 0 Å². The molecule has 0 fully saturated rings. The molecule has 9 heteroatoms. The largest absolute Gasteiger partial charge is 0.507 e. The van der Waals surface area contributed by atoms with E-state index in [9.17, 15) is 31.5 Å². The lowest BCUT2D eigenvalue weighted by atomic mass is 10.1. The average Bonchev–Trinajstić information content (AvgIpc) is 2.75. The Labute approximate surface area is 192 Å². The number of phenols is 1. The van der Waals surface area contributed by atoms with Crippen LogP contribution in [0.15, 0.2) is 47.4 Å². The van der Waals surface area contributed by atoms with Gasteiger partial charge in [-0.15, -0.1) is 0 Å². The number of phenolic OH excluding ortho intramolecular Hbond substituents is 1. The number of alkyl halides is 3. The number of sulfone groups is 1. The van der Waals surface area contributed by atoms with Crippen LogP contribution < -0.4 is 5.32 Å². The second kappa shape index (κ2) is 12.1. The molecule has 0 bridgehead atoms. The number of carbonyl (C=O) groups is 1. The highest BCUT2D eigenvalue weighted by atomic mass is 32.2. The molecule has 0 heterocycles. The van der Waals surface area contributed by atoms with Gasteiger partial charge >= 0.3 is 6.18 Å². The van der Waals surface area contributed by atoms with E-state index in [2.05, 4.69) is 12.2 Å². The number of nitrogens with one attached hydrogen (secondary N) is 1. The lowest BCUT2D eigenvalue weighted by molar-refractivity contribution is -0.137. The Hall–Kier alpha value is -2.55. The Morgan fingerprint density at radius 2 is 1.58 bits per heavy atom. The monoisotopic (exact) mass is 485 g/mol. The maximum absolute atomic E-state index is 12.9. The van der Waals surface area contributed by atoms with Crippen LogP contribution in [0.25, 0.3) is 0 Å². The highest BCUT2D eigenvalue weighted by Crippen LogP contribution is 2.31. The summed E-state index contributed by atoms with van der Waals surface area (Å²) in [6, 6.07) is 7.41. The van der Waals surface area contributed by atoms with Gasteiger partial charge in [0.2, 0.25) is 0 Å². The molecule has 0 aliphatic heterocycles. The minimum Gasteiger partial charge on any atom is -0.507 e. The topological polar surface area (TPSA) is 83.5 Å². The number of benzene rings is 2. The van der Waals surface area contributed by atoms with E-state index in [1.165, 1.54) is 31.4 Å². The zero-order chi connectivity index (χ0) is 24.5. The Morgan fingerprint density at radius 3 is 2.21 bits per heavy atom. The van der Waals surface area contributed by atoms with E-state index >= 15 is 0 Å². The fraction of sp³-hybridized carbons (Fsp3) is 0.458. The summed E-state index contributed by atoms with van der Waals surface area (Å²) in [5, 5.41) is 12.3. The molecule has 0 aromatic heterocycles. The highest BCUT2D eigenvalue weighted by Gasteiger charge is 2.30. The van der Waals surface area contributed by atoms with Crippen molar-refractivity contribution in [1.82, 2.24) is 0 Å². The van der Waals surface area contributed by atoms with Gasteiger partial charge in [0, 0.05) is 5.69 Å². The summed E-state index contributed by atoms with van der Waals surface area (Å²) in [4.78, 5) is 12.4. The third-order valence-electron chi connectivity index (χ3n) is 5.29. The van der Waals surface area contributed by atoms with Crippen molar-refractivity contribution in [2.75, 3.05) is 11.1 Å². The number of hydrogen-bond donors (Lipinski definition) is 2. The summed E-state index contributed by atoms with van der Waals surface area (Å²) in [6.45, 7) is 2.15. The molecule has 0 aliphatic rings. The van der Waals surface area contributed by atoms with Gasteiger partial charge in [0.15, 0.2) is 9.84 Å². The molecular formula is C24H30F3NO4S. The predicted molar refractivity (Wildman–Crippen MR) is 122 cm³/mol. The first-order chi connectivity index (χ1) is 15.5. The van der Waals surface area contributed by atoms with E-state index in [0.717, 1.165) is 56.0 Å². The molecule has 5 nitrogen and oxygen atoms in total. The normalized spacial score (nSPS) is 12.0. The minimum absolute atomic E-state index is 0.0819. The van der Waals surface area contributed by atoms with Crippen molar-refractivity contribution < 1.29 is 31.5 Å². The average molecular weight is 486 g/mol. The lowest BCUT2D eigenvalue weighted by Crippen LogP contribution is -2.15. The predicted octanol–water partition coefficient (Wildman–Crippen LogP) is 6.58. The summed E-state index contributed by atoms with van der Waals surface area (Å²) in [6.07, 6.45) is 3.43. The second-order valence-electron chi connectivity index (χ2n) is 8.01. The molecule has 0 atom stereocenters. The van der Waals surface area contributed by atoms with Gasteiger partial charge in [0.1, 0.15) is 5.75 Å². The van der Waals surface area contributed by atoms with Gasteiger partial charge in [0.05, 0.1) is 21.8 Å². The zero-order valence-electron chi connectivity index (χ0n) is 18.6. The van der Waals surface area contributed by atoms with E-state index in [0.29, 0.717) is 6.42 Å². The second-order valence-corrected chi connectivity index (χ2v) is 10.1. The standard InChI is InChI=1S/C24H30F3NO4S/c1-2-3-4-5-6-7-8-9-15-33(31,32)20-13-14-22(29)21(17-20)23(30)28-19-12-10-11-18(16-19)24(25,26)27/h10-14,16-17,29H,2-9,15H2,1H3,(H,28,30). The molecule has 2 rings (SSSR count). The number of amides is 1. The van der Waals surface area contributed by atoms with Gasteiger partial charge in [0.25, 0.3) is 5.91 Å². The van der Waals surface area contributed by atoms with Gasteiger partial charge in [-0.25, -0.2) is 8.42 Å². The third-order valence-corrected chi connectivity index (χ3v) is 7.08. The molecule has 0 radical (unpaired) electrons. The Kier molecular flexibility index (Phi) is 9.76. The molecule has 2 aromatic rings. The quantitative estimate of drug-likeness (QED) is 0.333. The molecule has 0 saturated carbocycles. The molecule has 1 amide bonds. The minimum atomic E-state index is -4.58. The Bertz CT molecular complexity index is 1040. The first-order valence-corrected chi connectivity index (χ1v) is 12.7. The van der Waals surface area contributed by atoms with Crippen LogP contribution in [0, 0.1) is 0 Å². The smallest absolute Gasteiger partial charge is 0.416 e. The summed E-state index contributed by atoms with van der Waals surface area (Å²) in [7, 11) is -3.67. The molecule has 182 valence electrons. The van der Waals surface area contributed by atoms with E-state index in [1.807, 2.05) is 0 Å². The van der Waals surface area contributed by atoms with Crippen LogP contribution in [0.1, 0.15) is 74.2 Å². The van der Waals surface area contributed by atoms with Crippen molar-refractivity contribution in [3.63, 3.8) is 0 Å². The fourth-order valence-electron chi connectivity index (χ4n) is 3.41. The third kappa shape index (κ3) is 8.38. The van der Waals surface area contributed by atoms with Crippen LogP contribution >= 0.6 is 0 Å². The summed E-state index contributed by atoms with van der Waals surface area (Å²) in [5.41, 5.74) is -1.39. The molecular weight excluding hydrogens is 455 g/mol. The van der Waals surface area contributed by atoms with E-state index in [-0.39, 0.29) is 21.9 Å². The van der Waals surface area contributed by atoms with Crippen LogP contribution in [-0.2, 0) is 16.0 Å². The van der Waals surface area contributed by atoms with Crippen LogP contribution in [0.5, 0.6) is 5.75 Å². The molecule has 2 aromatic carbocycles. The molecule has 0 unspecified atom stereocenters. The number of unbranched alkanes of at least 4 members (excludes halogenated alkanes) is 7. The first-order valence-electron chi connectivity index (χ1n) is 11.1. The van der Waals surface area contributed by atoms with Crippen molar-refractivity contribution in [2.24, 2.45) is 0 Å². The summed E-state index contributed by atoms with van der Waals surface area (Å²) in [5.74, 6) is -1.46. The Balaban J connectivity index is 2.02. The number of carbonyl (C=O) groups excluding carboxylic acids is 1. The number of halogens is 3. The lowest BCUT2D eigenvalue weighted by Gasteiger charge is -2.12. The van der Waals surface area contributed by atoms with Gasteiger partial charge in [-0.3, -0.25) is 4.79 Å². The van der Waals surface area contributed by atoms with Gasteiger partial charge in [-0.05, 0) is 42.8 Å². The van der Waals surface area contributed by atoms with Crippen LogP contribution in [0.4, 0.5) is 18.9 Å². The summed E-state index contributed by atoms with van der Waals surface area (Å²) < 4.78 is 64.0. The number of anilines is 1. The van der Waals surface area contributed by atoms with E-state index in [4.69, 9.17) is 0 Å². The zero-order valence-corrected chi connectivity index (χ0v) is 19.4. The first kappa shape index (κ1) is 26.7. The van der Waals surface area contributed by atoms with Crippen LogP contribution in [0.2, 0.25) is 0 Å². The molecule has 0 spiro atoms. The van der Waals surface area contributed by atoms with Gasteiger partial charge < -0.3 is 10.4 Å². The molecule has 0 saturated heterocycles. The fourth-order valence-corrected chi connectivity index (χ4v) is 4.80. The van der Waals surface area contributed by atoms with Crippen molar-refractivity contribution >= 4 is 21.4 Å². The van der Waals surface area contributed by atoms with Crippen molar-refractivity contribution in [3.8, 4) is 5.75 Å². The number of rotatable bonds is 12. The van der Waals surface area contributed by atoms with Crippen LogP contribution in [-0.4, -0.2) is 25.2 Å². The Morgan fingerprint density at radius 1 is 0.939 bits per heavy atom. The number of hydrogen-bond acceptors (Lipinski definition) is 4. The van der Waals surface area contributed by atoms with Gasteiger partial charge in [-0.1, -0.05) is 57.9 Å². The number of aromatic hydroxyl groups is 1.